The predicted octanol–water partition coefficient (Wildman–Crippen LogP) is 6.74. The fourth-order valence-electron chi connectivity index (χ4n) is 4.53. The summed E-state index contributed by atoms with van der Waals surface area (Å²) in [6.07, 6.45) is 0.576. The average Bonchev–Trinajstić information content (AvgIpc) is 2.87. The highest BCUT2D eigenvalue weighted by atomic mass is 35.5. The average molecular weight is 507 g/mol. The van der Waals surface area contributed by atoms with E-state index in [4.69, 9.17) is 33.7 Å². The van der Waals surface area contributed by atoms with Gasteiger partial charge in [-0.2, -0.15) is 0 Å². The van der Waals surface area contributed by atoms with Crippen molar-refractivity contribution in [3.63, 3.8) is 0 Å². The highest BCUT2D eigenvalue weighted by Gasteiger charge is 2.23. The molecular weight excluding hydrogens is 479 g/mol. The molecule has 0 radical (unpaired) electrons. The van der Waals surface area contributed by atoms with Gasteiger partial charge in [-0.15, -0.1) is 0 Å². The molecule has 0 spiro atoms. The van der Waals surface area contributed by atoms with Crippen LogP contribution in [-0.4, -0.2) is 11.7 Å². The number of halogens is 2. The van der Waals surface area contributed by atoms with Crippen LogP contribution in [-0.2, 0) is 13.0 Å². The van der Waals surface area contributed by atoms with E-state index in [2.05, 4.69) is 0 Å². The molecule has 1 heterocycles. The summed E-state index contributed by atoms with van der Waals surface area (Å²) >= 11 is 13.2. The summed E-state index contributed by atoms with van der Waals surface area (Å²) in [5.41, 5.74) is 12.3. The third-order valence-electron chi connectivity index (χ3n) is 6.51. The lowest BCUT2D eigenvalue weighted by atomic mass is 9.92. The second-order valence-electron chi connectivity index (χ2n) is 8.59. The van der Waals surface area contributed by atoms with Crippen LogP contribution in [0.25, 0.3) is 11.1 Å². The lowest BCUT2D eigenvalue weighted by Crippen LogP contribution is -2.31. The standard InChI is InChI=1S/C29H28Cl2N2O2/c1-18-23(16-21-12-7-8-14-24(21)30)19(2)33(17-25(32)20-10-5-4-6-11-20)29(34)27(18)22-13-9-15-26(35-3)28(22)31/h4-15,25H,16-17,32H2,1-3H3. The predicted molar refractivity (Wildman–Crippen MR) is 145 cm³/mol. The van der Waals surface area contributed by atoms with E-state index >= 15 is 0 Å². The Labute approximate surface area is 215 Å². The van der Waals surface area contributed by atoms with Crippen LogP contribution in [0.1, 0.15) is 34.0 Å². The van der Waals surface area contributed by atoms with E-state index in [9.17, 15) is 4.79 Å². The summed E-state index contributed by atoms with van der Waals surface area (Å²) < 4.78 is 7.19. The highest BCUT2D eigenvalue weighted by Crippen LogP contribution is 2.37. The van der Waals surface area contributed by atoms with Gasteiger partial charge in [-0.05, 0) is 48.2 Å². The van der Waals surface area contributed by atoms with Crippen LogP contribution in [0.2, 0.25) is 10.0 Å². The maximum absolute atomic E-state index is 14.0. The molecule has 4 nitrogen and oxygen atoms in total. The van der Waals surface area contributed by atoms with E-state index in [1.165, 1.54) is 0 Å². The van der Waals surface area contributed by atoms with Crippen molar-refractivity contribution < 1.29 is 4.74 Å². The zero-order chi connectivity index (χ0) is 25.1. The fourth-order valence-corrected chi connectivity index (χ4v) is 5.03. The Hall–Kier alpha value is -3.05. The summed E-state index contributed by atoms with van der Waals surface area (Å²) in [6.45, 7) is 4.27. The highest BCUT2D eigenvalue weighted by molar-refractivity contribution is 6.34. The van der Waals surface area contributed by atoms with E-state index in [1.807, 2.05) is 80.6 Å². The van der Waals surface area contributed by atoms with Gasteiger partial charge < -0.3 is 15.0 Å². The van der Waals surface area contributed by atoms with Crippen LogP contribution in [0.5, 0.6) is 5.75 Å². The number of pyridine rings is 1. The molecule has 4 rings (SSSR count). The zero-order valence-corrected chi connectivity index (χ0v) is 21.5. The van der Waals surface area contributed by atoms with Crippen molar-refractivity contribution in [2.45, 2.75) is 32.9 Å². The Morgan fingerprint density at radius 3 is 2.31 bits per heavy atom. The third-order valence-corrected chi connectivity index (χ3v) is 7.27. The Balaban J connectivity index is 1.94. The number of benzene rings is 3. The van der Waals surface area contributed by atoms with Gasteiger partial charge >= 0.3 is 0 Å². The summed E-state index contributed by atoms with van der Waals surface area (Å²) in [5.74, 6) is 0.517. The van der Waals surface area contributed by atoms with Gasteiger partial charge in [0.15, 0.2) is 0 Å². The molecule has 2 N–H and O–H groups in total. The molecule has 0 aliphatic rings. The van der Waals surface area contributed by atoms with Crippen LogP contribution in [0.15, 0.2) is 77.6 Å². The normalized spacial score (nSPS) is 11.9. The van der Waals surface area contributed by atoms with E-state index < -0.39 is 0 Å². The smallest absolute Gasteiger partial charge is 0.259 e. The van der Waals surface area contributed by atoms with E-state index in [-0.39, 0.29) is 11.6 Å². The number of hydrogen-bond acceptors (Lipinski definition) is 3. The minimum absolute atomic E-state index is 0.135. The van der Waals surface area contributed by atoms with Gasteiger partial charge in [-0.1, -0.05) is 83.9 Å². The molecule has 1 unspecified atom stereocenters. The fraction of sp³-hybridized carbons (Fsp3) is 0.207. The van der Waals surface area contributed by atoms with Gasteiger partial charge in [0.05, 0.1) is 17.7 Å². The van der Waals surface area contributed by atoms with Crippen LogP contribution >= 0.6 is 23.2 Å². The summed E-state index contributed by atoms with van der Waals surface area (Å²) in [7, 11) is 1.56. The van der Waals surface area contributed by atoms with Gasteiger partial charge in [0.1, 0.15) is 5.75 Å². The van der Waals surface area contributed by atoms with Crippen molar-refractivity contribution >= 4 is 23.2 Å². The van der Waals surface area contributed by atoms with Gasteiger partial charge in [0.2, 0.25) is 0 Å². The Bertz CT molecular complexity index is 1410. The number of rotatable bonds is 7. The first-order valence-electron chi connectivity index (χ1n) is 11.4. The SMILES string of the molecule is COc1cccc(-c2c(C)c(Cc3ccccc3Cl)c(C)n(CC(N)c3ccccc3)c2=O)c1Cl. The first-order valence-corrected chi connectivity index (χ1v) is 12.2. The van der Waals surface area contributed by atoms with Crippen molar-refractivity contribution in [3.05, 3.63) is 121 Å². The van der Waals surface area contributed by atoms with Crippen LogP contribution in [0.4, 0.5) is 0 Å². The number of nitrogens with two attached hydrogens (primary N) is 1. The van der Waals surface area contributed by atoms with Gasteiger partial charge in [0.25, 0.3) is 5.56 Å². The molecule has 1 aromatic heterocycles. The second kappa shape index (κ2) is 10.7. The van der Waals surface area contributed by atoms with E-state index in [0.29, 0.717) is 39.9 Å². The third kappa shape index (κ3) is 5.01. The monoisotopic (exact) mass is 506 g/mol. The van der Waals surface area contributed by atoms with Gasteiger partial charge in [-0.25, -0.2) is 0 Å². The Morgan fingerprint density at radius 1 is 0.943 bits per heavy atom. The Kier molecular flexibility index (Phi) is 7.66. The molecule has 0 aliphatic heterocycles. The van der Waals surface area contributed by atoms with Crippen molar-refractivity contribution in [3.8, 4) is 16.9 Å². The summed E-state index contributed by atoms with van der Waals surface area (Å²) in [4.78, 5) is 14.0. The number of ether oxygens (including phenoxy) is 1. The van der Waals surface area contributed by atoms with Gasteiger partial charge in [-0.3, -0.25) is 4.79 Å². The number of hydrogen-bond donors (Lipinski definition) is 1. The number of aromatic nitrogens is 1. The maximum Gasteiger partial charge on any atom is 0.259 e. The van der Waals surface area contributed by atoms with Crippen molar-refractivity contribution in [2.24, 2.45) is 5.73 Å². The molecular formula is C29H28Cl2N2O2. The van der Waals surface area contributed by atoms with E-state index in [0.717, 1.165) is 27.9 Å². The Morgan fingerprint density at radius 2 is 1.63 bits per heavy atom. The molecule has 3 aromatic carbocycles. The second-order valence-corrected chi connectivity index (χ2v) is 9.37. The molecule has 6 heteroatoms. The molecule has 0 fully saturated rings. The van der Waals surface area contributed by atoms with Crippen LogP contribution in [0.3, 0.4) is 0 Å². The number of nitrogens with zero attached hydrogens (tertiary/aromatic N) is 1. The van der Waals surface area contributed by atoms with E-state index in [1.54, 1.807) is 17.7 Å². The van der Waals surface area contributed by atoms with Crippen molar-refractivity contribution in [1.29, 1.82) is 0 Å². The van der Waals surface area contributed by atoms with Gasteiger partial charge in [0, 0.05) is 35.3 Å². The molecule has 0 saturated carbocycles. The van der Waals surface area contributed by atoms with Crippen molar-refractivity contribution in [2.75, 3.05) is 7.11 Å². The first kappa shape index (κ1) is 25.1. The molecule has 1 atom stereocenters. The maximum atomic E-state index is 14.0. The van der Waals surface area contributed by atoms with Crippen LogP contribution in [0, 0.1) is 13.8 Å². The minimum atomic E-state index is -0.350. The minimum Gasteiger partial charge on any atom is -0.495 e. The largest absolute Gasteiger partial charge is 0.495 e. The molecule has 35 heavy (non-hydrogen) atoms. The zero-order valence-electron chi connectivity index (χ0n) is 20.0. The summed E-state index contributed by atoms with van der Waals surface area (Å²) in [6, 6.07) is 22.7. The number of methoxy groups -OCH3 is 1. The lowest BCUT2D eigenvalue weighted by molar-refractivity contribution is 0.415. The van der Waals surface area contributed by atoms with Crippen molar-refractivity contribution in [1.82, 2.24) is 4.57 Å². The molecule has 4 aromatic rings. The topological polar surface area (TPSA) is 57.2 Å². The lowest BCUT2D eigenvalue weighted by Gasteiger charge is -2.23. The molecule has 0 amide bonds. The molecule has 0 bridgehead atoms. The molecule has 180 valence electrons. The first-order chi connectivity index (χ1) is 16.8. The van der Waals surface area contributed by atoms with Crippen LogP contribution < -0.4 is 16.0 Å². The quantitative estimate of drug-likeness (QED) is 0.302. The summed E-state index contributed by atoms with van der Waals surface area (Å²) in [5, 5.41) is 1.09. The molecule has 0 aliphatic carbocycles. The molecule has 0 saturated heterocycles.